The van der Waals surface area contributed by atoms with E-state index in [1.165, 1.54) is 32.1 Å². The second-order valence-electron chi connectivity index (χ2n) is 7.34. The number of hydrogen-bond donors (Lipinski definition) is 3. The van der Waals surface area contributed by atoms with Gasteiger partial charge >= 0.3 is 5.97 Å². The highest BCUT2D eigenvalue weighted by molar-refractivity contribution is 5.66. The number of carboxylic acid groups (broad SMARTS) is 1. The highest BCUT2D eigenvalue weighted by Crippen LogP contribution is 2.20. The third-order valence-corrected chi connectivity index (χ3v) is 4.75. The minimum absolute atomic E-state index is 0.0719. The molecule has 3 N–H and O–H groups in total. The molecule has 2 atom stereocenters. The molecule has 0 aliphatic carbocycles. The Hall–Kier alpha value is -1.91. The van der Waals surface area contributed by atoms with Gasteiger partial charge in [0.05, 0.1) is 12.2 Å². The summed E-state index contributed by atoms with van der Waals surface area (Å²) in [6.45, 7) is 2.21. The van der Waals surface area contributed by atoms with Crippen LogP contribution in [0.1, 0.15) is 88.4 Å². The first kappa shape index (κ1) is 24.1. The highest BCUT2D eigenvalue weighted by atomic mass is 16.4. The predicted molar refractivity (Wildman–Crippen MR) is 115 cm³/mol. The van der Waals surface area contributed by atoms with E-state index in [-0.39, 0.29) is 6.42 Å². The lowest BCUT2D eigenvalue weighted by Crippen LogP contribution is -2.01. The fourth-order valence-electron chi connectivity index (χ4n) is 3.07. The molecule has 0 fully saturated rings. The zero-order valence-electron chi connectivity index (χ0n) is 17.1. The summed E-state index contributed by atoms with van der Waals surface area (Å²) < 4.78 is 0. The second kappa shape index (κ2) is 15.1. The van der Waals surface area contributed by atoms with Crippen LogP contribution in [0.5, 0.6) is 0 Å². The summed E-state index contributed by atoms with van der Waals surface area (Å²) in [7, 11) is 0. The Kier molecular flexibility index (Phi) is 13.0. The van der Waals surface area contributed by atoms with Gasteiger partial charge in [-0.2, -0.15) is 0 Å². The molecule has 2 unspecified atom stereocenters. The molecule has 0 aliphatic rings. The van der Waals surface area contributed by atoms with Gasteiger partial charge < -0.3 is 15.3 Å². The summed E-state index contributed by atoms with van der Waals surface area (Å²) in [6, 6.07) is 7.59. The summed E-state index contributed by atoms with van der Waals surface area (Å²) in [5.41, 5.74) is 1.75. The summed E-state index contributed by atoms with van der Waals surface area (Å²) in [4.78, 5) is 10.6. The second-order valence-corrected chi connectivity index (χ2v) is 7.34. The summed E-state index contributed by atoms with van der Waals surface area (Å²) in [6.07, 6.45) is 15.5. The average molecular weight is 389 g/mol. The van der Waals surface area contributed by atoms with Crippen molar-refractivity contribution in [3.63, 3.8) is 0 Å². The molecule has 0 aromatic heterocycles. The van der Waals surface area contributed by atoms with Crippen LogP contribution in [0.4, 0.5) is 0 Å². The Balaban J connectivity index is 2.37. The monoisotopic (exact) mass is 388 g/mol. The van der Waals surface area contributed by atoms with Gasteiger partial charge in [0.1, 0.15) is 0 Å². The molecule has 0 bridgehead atoms. The number of allylic oxidation sites excluding steroid dienone is 2. The number of carbonyl (C=O) groups is 1. The van der Waals surface area contributed by atoms with E-state index in [2.05, 4.69) is 6.92 Å². The number of aliphatic hydroxyl groups excluding tert-OH is 2. The quantitative estimate of drug-likeness (QED) is 0.268. The van der Waals surface area contributed by atoms with Crippen LogP contribution >= 0.6 is 0 Å². The van der Waals surface area contributed by atoms with Gasteiger partial charge in [0.15, 0.2) is 0 Å². The zero-order chi connectivity index (χ0) is 20.6. The lowest BCUT2D eigenvalue weighted by Gasteiger charge is -2.10. The fourth-order valence-corrected chi connectivity index (χ4v) is 3.07. The molecule has 0 saturated carbocycles. The van der Waals surface area contributed by atoms with Crippen molar-refractivity contribution >= 4 is 12.0 Å². The molecule has 156 valence electrons. The van der Waals surface area contributed by atoms with Gasteiger partial charge in [-0.15, -0.1) is 0 Å². The van der Waals surface area contributed by atoms with E-state index in [9.17, 15) is 15.0 Å². The zero-order valence-corrected chi connectivity index (χ0v) is 17.1. The number of aliphatic hydroxyl groups is 2. The van der Waals surface area contributed by atoms with Gasteiger partial charge in [-0.05, 0) is 36.5 Å². The van der Waals surface area contributed by atoms with Gasteiger partial charge in [0, 0.05) is 6.42 Å². The molecule has 1 rings (SSSR count). The van der Waals surface area contributed by atoms with Crippen LogP contribution in [0.25, 0.3) is 6.08 Å². The van der Waals surface area contributed by atoms with Gasteiger partial charge in [0.25, 0.3) is 0 Å². The van der Waals surface area contributed by atoms with E-state index in [4.69, 9.17) is 5.11 Å². The number of unbranched alkanes of at least 4 members (excludes halogenated alkanes) is 5. The predicted octanol–water partition coefficient (Wildman–Crippen LogP) is 5.66. The molecule has 28 heavy (non-hydrogen) atoms. The SMILES string of the molecule is CCCCCCCCC(O)/C=C/C=C/c1cccc(C(O)CCCC(=O)O)c1. The van der Waals surface area contributed by atoms with Gasteiger partial charge in [-0.3, -0.25) is 4.79 Å². The molecule has 0 amide bonds. The van der Waals surface area contributed by atoms with E-state index < -0.39 is 18.2 Å². The number of rotatable bonds is 15. The van der Waals surface area contributed by atoms with Crippen LogP contribution in [-0.2, 0) is 4.79 Å². The standard InChI is InChI=1S/C24H36O4/c1-2-3-4-5-6-7-15-22(25)16-9-8-12-20-13-10-14-21(19-20)23(26)17-11-18-24(27)28/h8-10,12-14,16,19,22-23,25-26H,2-7,11,15,17-18H2,1H3,(H,27,28)/b12-8+,16-9+. The van der Waals surface area contributed by atoms with E-state index in [0.717, 1.165) is 24.0 Å². The van der Waals surface area contributed by atoms with Crippen LogP contribution in [-0.4, -0.2) is 27.4 Å². The minimum Gasteiger partial charge on any atom is -0.481 e. The molecule has 1 aromatic carbocycles. The molecule has 0 radical (unpaired) electrons. The Bertz CT molecular complexity index is 606. The Morgan fingerprint density at radius 2 is 1.75 bits per heavy atom. The molecule has 1 aromatic rings. The topological polar surface area (TPSA) is 77.8 Å². The van der Waals surface area contributed by atoms with E-state index in [1.54, 1.807) is 0 Å². The summed E-state index contributed by atoms with van der Waals surface area (Å²) in [5, 5.41) is 28.9. The maximum absolute atomic E-state index is 10.6. The Morgan fingerprint density at radius 3 is 2.50 bits per heavy atom. The maximum Gasteiger partial charge on any atom is 0.303 e. The lowest BCUT2D eigenvalue weighted by molar-refractivity contribution is -0.137. The average Bonchev–Trinajstić information content (AvgIpc) is 2.68. The van der Waals surface area contributed by atoms with Crippen molar-refractivity contribution in [3.05, 3.63) is 53.6 Å². The van der Waals surface area contributed by atoms with E-state index in [0.29, 0.717) is 12.8 Å². The lowest BCUT2D eigenvalue weighted by atomic mass is 10.0. The van der Waals surface area contributed by atoms with Crippen molar-refractivity contribution in [2.45, 2.75) is 83.3 Å². The Morgan fingerprint density at radius 1 is 1.00 bits per heavy atom. The van der Waals surface area contributed by atoms with Crippen LogP contribution < -0.4 is 0 Å². The molecular weight excluding hydrogens is 352 g/mol. The van der Waals surface area contributed by atoms with Crippen LogP contribution in [0.2, 0.25) is 0 Å². The molecule has 0 aliphatic heterocycles. The fraction of sp³-hybridized carbons (Fsp3) is 0.542. The molecule has 0 saturated heterocycles. The van der Waals surface area contributed by atoms with Crippen LogP contribution in [0.3, 0.4) is 0 Å². The minimum atomic E-state index is -0.839. The number of hydrogen-bond acceptors (Lipinski definition) is 3. The molecule has 0 heterocycles. The normalized spacial score (nSPS) is 14.0. The van der Waals surface area contributed by atoms with Crippen molar-refractivity contribution in [1.29, 1.82) is 0 Å². The summed E-state index contributed by atoms with van der Waals surface area (Å²) in [5.74, 6) is -0.839. The van der Waals surface area contributed by atoms with Gasteiger partial charge in [0.2, 0.25) is 0 Å². The first-order valence-corrected chi connectivity index (χ1v) is 10.6. The summed E-state index contributed by atoms with van der Waals surface area (Å²) >= 11 is 0. The third-order valence-electron chi connectivity index (χ3n) is 4.75. The molecule has 0 spiro atoms. The van der Waals surface area contributed by atoms with Crippen LogP contribution in [0, 0.1) is 0 Å². The largest absolute Gasteiger partial charge is 0.481 e. The van der Waals surface area contributed by atoms with E-state index in [1.807, 2.05) is 48.6 Å². The van der Waals surface area contributed by atoms with Crippen molar-refractivity contribution in [3.8, 4) is 0 Å². The first-order chi connectivity index (χ1) is 13.5. The molecule has 4 nitrogen and oxygen atoms in total. The highest BCUT2D eigenvalue weighted by Gasteiger charge is 2.08. The van der Waals surface area contributed by atoms with Gasteiger partial charge in [-0.1, -0.05) is 88.0 Å². The number of benzene rings is 1. The van der Waals surface area contributed by atoms with Crippen molar-refractivity contribution in [1.82, 2.24) is 0 Å². The first-order valence-electron chi connectivity index (χ1n) is 10.6. The number of aliphatic carboxylic acids is 1. The van der Waals surface area contributed by atoms with Crippen LogP contribution in [0.15, 0.2) is 42.5 Å². The Labute approximate surface area is 169 Å². The van der Waals surface area contributed by atoms with Crippen molar-refractivity contribution < 1.29 is 20.1 Å². The van der Waals surface area contributed by atoms with Gasteiger partial charge in [-0.25, -0.2) is 0 Å². The molecule has 4 heteroatoms. The van der Waals surface area contributed by atoms with Crippen molar-refractivity contribution in [2.24, 2.45) is 0 Å². The smallest absolute Gasteiger partial charge is 0.303 e. The maximum atomic E-state index is 10.6. The molecular formula is C24H36O4. The van der Waals surface area contributed by atoms with Crippen molar-refractivity contribution in [2.75, 3.05) is 0 Å². The number of carboxylic acids is 1. The third kappa shape index (κ3) is 11.7. The van der Waals surface area contributed by atoms with E-state index >= 15 is 0 Å².